The number of fused-ring (bicyclic) bond motifs is 2. The Hall–Kier alpha value is -3.13. The van der Waals surface area contributed by atoms with E-state index in [4.69, 9.17) is 4.74 Å². The number of amides is 1. The first-order valence-corrected chi connectivity index (χ1v) is 9.45. The lowest BCUT2D eigenvalue weighted by Gasteiger charge is -2.37. The van der Waals surface area contributed by atoms with Crippen molar-refractivity contribution in [3.8, 4) is 5.75 Å². The van der Waals surface area contributed by atoms with Gasteiger partial charge in [-0.2, -0.15) is 5.10 Å². The molecule has 3 heterocycles. The summed E-state index contributed by atoms with van der Waals surface area (Å²) in [4.78, 5) is 19.3. The van der Waals surface area contributed by atoms with Crippen LogP contribution in [0.4, 0.5) is 10.8 Å². The number of rotatable bonds is 4. The second-order valence-corrected chi connectivity index (χ2v) is 7.60. The van der Waals surface area contributed by atoms with Gasteiger partial charge in [0, 0.05) is 24.2 Å². The predicted octanol–water partition coefficient (Wildman–Crippen LogP) is 3.26. The Morgan fingerprint density at radius 3 is 3.04 bits per heavy atom. The topological polar surface area (TPSA) is 83.1 Å². The van der Waals surface area contributed by atoms with Crippen molar-refractivity contribution in [3.05, 3.63) is 42.6 Å². The molecule has 1 amide bonds. The zero-order chi connectivity index (χ0) is 18.4. The fraction of sp³-hybridized carbons (Fsp3) is 0.211. The molecule has 27 heavy (non-hydrogen) atoms. The molecule has 0 bridgehead atoms. The highest BCUT2D eigenvalue weighted by atomic mass is 32.1. The number of aromatic amines is 1. The number of aromatic nitrogens is 3. The predicted molar refractivity (Wildman–Crippen MR) is 107 cm³/mol. The van der Waals surface area contributed by atoms with Gasteiger partial charge in [-0.15, -0.1) is 0 Å². The third-order valence-corrected chi connectivity index (χ3v) is 5.90. The lowest BCUT2D eigenvalue weighted by atomic mass is 10.00. The molecule has 2 N–H and O–H groups in total. The van der Waals surface area contributed by atoms with Crippen LogP contribution < -0.4 is 15.0 Å². The van der Waals surface area contributed by atoms with E-state index in [0.717, 1.165) is 37.7 Å². The summed E-state index contributed by atoms with van der Waals surface area (Å²) in [6, 6.07) is 11.6. The molecule has 0 saturated carbocycles. The molecule has 1 aliphatic heterocycles. The third kappa shape index (κ3) is 2.87. The maximum absolute atomic E-state index is 12.5. The molecule has 0 unspecified atom stereocenters. The van der Waals surface area contributed by atoms with Gasteiger partial charge in [-0.3, -0.25) is 9.89 Å². The molecule has 1 saturated heterocycles. The monoisotopic (exact) mass is 379 g/mol. The number of H-pyrrole nitrogens is 1. The number of anilines is 2. The quantitative estimate of drug-likeness (QED) is 0.569. The summed E-state index contributed by atoms with van der Waals surface area (Å²) in [5.74, 6) is 0.824. The van der Waals surface area contributed by atoms with Crippen molar-refractivity contribution in [1.82, 2.24) is 15.2 Å². The van der Waals surface area contributed by atoms with E-state index in [-0.39, 0.29) is 11.8 Å². The Labute approximate surface area is 159 Å². The second-order valence-electron chi connectivity index (χ2n) is 6.59. The average molecular weight is 379 g/mol. The summed E-state index contributed by atoms with van der Waals surface area (Å²) >= 11 is 1.62. The van der Waals surface area contributed by atoms with Crippen LogP contribution in [0, 0.1) is 5.92 Å². The highest BCUT2D eigenvalue weighted by molar-refractivity contribution is 7.22. The molecule has 2 aromatic carbocycles. The third-order valence-electron chi connectivity index (χ3n) is 4.82. The number of thiazole rings is 1. The van der Waals surface area contributed by atoms with Crippen LogP contribution in [0.25, 0.3) is 21.1 Å². The Bertz CT molecular complexity index is 1150. The van der Waals surface area contributed by atoms with Gasteiger partial charge in [0.2, 0.25) is 5.91 Å². The maximum atomic E-state index is 12.5. The number of hydrogen-bond donors (Lipinski definition) is 2. The fourth-order valence-corrected chi connectivity index (χ4v) is 4.23. The maximum Gasteiger partial charge on any atom is 0.231 e. The van der Waals surface area contributed by atoms with Crippen molar-refractivity contribution >= 4 is 49.2 Å². The van der Waals surface area contributed by atoms with Gasteiger partial charge in [0.05, 0.1) is 35.0 Å². The van der Waals surface area contributed by atoms with E-state index >= 15 is 0 Å². The molecule has 0 atom stereocenters. The number of nitrogens with zero attached hydrogens (tertiary/aromatic N) is 3. The zero-order valence-electron chi connectivity index (χ0n) is 14.6. The van der Waals surface area contributed by atoms with Gasteiger partial charge >= 0.3 is 0 Å². The van der Waals surface area contributed by atoms with E-state index in [2.05, 4.69) is 25.4 Å². The number of carbonyl (C=O) groups is 1. The summed E-state index contributed by atoms with van der Waals surface area (Å²) in [5.41, 5.74) is 2.65. The minimum Gasteiger partial charge on any atom is -0.497 e. The molecule has 0 radical (unpaired) electrons. The van der Waals surface area contributed by atoms with Gasteiger partial charge < -0.3 is 15.0 Å². The van der Waals surface area contributed by atoms with Crippen LogP contribution in [-0.2, 0) is 4.79 Å². The van der Waals surface area contributed by atoms with E-state index in [0.29, 0.717) is 13.1 Å². The van der Waals surface area contributed by atoms with E-state index in [1.165, 1.54) is 0 Å². The van der Waals surface area contributed by atoms with Crippen molar-refractivity contribution in [2.24, 2.45) is 5.92 Å². The minimum atomic E-state index is -0.0380. The number of methoxy groups -OCH3 is 1. The van der Waals surface area contributed by atoms with E-state index < -0.39 is 0 Å². The van der Waals surface area contributed by atoms with Gasteiger partial charge in [0.25, 0.3) is 0 Å². The number of benzene rings is 2. The first-order valence-electron chi connectivity index (χ1n) is 8.63. The Kier molecular flexibility index (Phi) is 3.71. The molecule has 0 aliphatic carbocycles. The van der Waals surface area contributed by atoms with Gasteiger partial charge in [-0.05, 0) is 36.4 Å². The molecule has 1 fully saturated rings. The molecule has 4 aromatic rings. The first kappa shape index (κ1) is 16.1. The Morgan fingerprint density at radius 1 is 1.30 bits per heavy atom. The normalized spacial score (nSPS) is 14.5. The molecule has 7 nitrogen and oxygen atoms in total. The van der Waals surface area contributed by atoms with Gasteiger partial charge in [-0.25, -0.2) is 4.98 Å². The zero-order valence-corrected chi connectivity index (χ0v) is 15.4. The first-order chi connectivity index (χ1) is 13.2. The number of hydrogen-bond acceptors (Lipinski definition) is 6. The highest BCUT2D eigenvalue weighted by Gasteiger charge is 2.34. The second kappa shape index (κ2) is 6.24. The van der Waals surface area contributed by atoms with Crippen LogP contribution in [0.1, 0.15) is 0 Å². The van der Waals surface area contributed by atoms with Crippen LogP contribution in [0.3, 0.4) is 0 Å². The van der Waals surface area contributed by atoms with E-state index in [1.54, 1.807) is 24.6 Å². The molecular weight excluding hydrogens is 362 g/mol. The Balaban J connectivity index is 1.25. The lowest BCUT2D eigenvalue weighted by Crippen LogP contribution is -2.52. The summed E-state index contributed by atoms with van der Waals surface area (Å²) in [6.45, 7) is 1.35. The van der Waals surface area contributed by atoms with Crippen LogP contribution in [-0.4, -0.2) is 41.3 Å². The Morgan fingerprint density at radius 2 is 2.19 bits per heavy atom. The largest absolute Gasteiger partial charge is 0.497 e. The number of carbonyl (C=O) groups excluding carboxylic acids is 1. The van der Waals surface area contributed by atoms with Gasteiger partial charge in [0.15, 0.2) is 5.13 Å². The highest BCUT2D eigenvalue weighted by Crippen LogP contribution is 2.34. The van der Waals surface area contributed by atoms with Gasteiger partial charge in [0.1, 0.15) is 5.75 Å². The van der Waals surface area contributed by atoms with Crippen molar-refractivity contribution in [2.75, 3.05) is 30.4 Å². The van der Waals surface area contributed by atoms with E-state index in [9.17, 15) is 4.79 Å². The van der Waals surface area contributed by atoms with Crippen LogP contribution in [0.2, 0.25) is 0 Å². The number of ether oxygens (including phenoxy) is 1. The van der Waals surface area contributed by atoms with Gasteiger partial charge in [-0.1, -0.05) is 11.3 Å². The molecule has 2 aromatic heterocycles. The van der Waals surface area contributed by atoms with Crippen LogP contribution >= 0.6 is 11.3 Å². The van der Waals surface area contributed by atoms with Crippen molar-refractivity contribution in [2.45, 2.75) is 0 Å². The SMILES string of the molecule is COc1ccc2nc(N3CC(C(=O)Nc4ccc5cn[nH]c5c4)C3)sc2c1. The molecule has 8 heteroatoms. The smallest absolute Gasteiger partial charge is 0.231 e. The molecule has 0 spiro atoms. The number of nitrogens with one attached hydrogen (secondary N) is 2. The summed E-state index contributed by atoms with van der Waals surface area (Å²) in [6.07, 6.45) is 1.76. The van der Waals surface area contributed by atoms with Crippen molar-refractivity contribution < 1.29 is 9.53 Å². The molecular formula is C19H17N5O2S. The molecule has 136 valence electrons. The summed E-state index contributed by atoms with van der Waals surface area (Å²) in [5, 5.41) is 11.9. The van der Waals surface area contributed by atoms with Crippen molar-refractivity contribution in [3.63, 3.8) is 0 Å². The summed E-state index contributed by atoms with van der Waals surface area (Å²) in [7, 11) is 1.66. The van der Waals surface area contributed by atoms with Crippen LogP contribution in [0.5, 0.6) is 5.75 Å². The van der Waals surface area contributed by atoms with E-state index in [1.807, 2.05) is 36.4 Å². The van der Waals surface area contributed by atoms with Crippen molar-refractivity contribution in [1.29, 1.82) is 0 Å². The lowest BCUT2D eigenvalue weighted by molar-refractivity contribution is -0.120. The van der Waals surface area contributed by atoms with Crippen LogP contribution in [0.15, 0.2) is 42.6 Å². The standard InChI is InChI=1S/C19H17N5O2S/c1-26-14-4-5-15-17(7-14)27-19(22-15)24-9-12(10-24)18(25)21-13-3-2-11-8-20-23-16(11)6-13/h2-8,12H,9-10H2,1H3,(H,20,23)(H,21,25). The molecule has 5 rings (SSSR count). The molecule has 1 aliphatic rings. The summed E-state index contributed by atoms with van der Waals surface area (Å²) < 4.78 is 6.35. The fourth-order valence-electron chi connectivity index (χ4n) is 3.21. The average Bonchev–Trinajstić information content (AvgIpc) is 3.25. The minimum absolute atomic E-state index is 0.0351.